The molecule has 1 saturated carbocycles. The molecule has 0 amide bonds. The summed E-state index contributed by atoms with van der Waals surface area (Å²) in [6.07, 6.45) is -0.193. The van der Waals surface area contributed by atoms with E-state index >= 15 is 0 Å². The first-order valence-corrected chi connectivity index (χ1v) is 10.4. The minimum atomic E-state index is -1.37. The molecule has 1 heterocycles. The maximum Gasteiger partial charge on any atom is 0.338 e. The summed E-state index contributed by atoms with van der Waals surface area (Å²) in [6.45, 7) is 3.83. The van der Waals surface area contributed by atoms with E-state index in [-0.39, 0.29) is 30.0 Å². The van der Waals surface area contributed by atoms with Crippen LogP contribution in [0.15, 0.2) is 35.4 Å². The standard InChI is InChI=1S/C22H27NO8/c1-21(11-24)8-3-9-22(2)14-10-30-20(27)15(14)16(25)17(18(21)22)31-19(26)12-4-6-13(7-5-12)23(28)29/h4-7,16-18,23-25,28H,3,8-11H2,1-2H3/t16-,17+,18?,21+,22+/m0/s1. The highest BCUT2D eigenvalue weighted by Gasteiger charge is 2.62. The molecule has 9 nitrogen and oxygen atoms in total. The first kappa shape index (κ1) is 21.9. The molecule has 0 bridgehead atoms. The van der Waals surface area contributed by atoms with Crippen LogP contribution in [0, 0.1) is 22.0 Å². The topological polar surface area (TPSA) is 141 Å². The summed E-state index contributed by atoms with van der Waals surface area (Å²) in [4.78, 5) is 25.3. The molecule has 4 rings (SSSR count). The maximum absolute atomic E-state index is 12.9. The molecule has 6 atom stereocenters. The van der Waals surface area contributed by atoms with E-state index in [9.17, 15) is 25.0 Å². The number of hydrogen-bond donors (Lipinski definition) is 4. The van der Waals surface area contributed by atoms with Crippen LogP contribution in [-0.2, 0) is 14.3 Å². The summed E-state index contributed by atoms with van der Waals surface area (Å²) in [5.74, 6) is -1.76. The molecule has 31 heavy (non-hydrogen) atoms. The molecular weight excluding hydrogens is 406 g/mol. The van der Waals surface area contributed by atoms with Crippen LogP contribution in [0.3, 0.4) is 0 Å². The number of fused-ring (bicyclic) bond motifs is 2. The number of carbonyl (C=O) groups excluding carboxylic acids is 2. The van der Waals surface area contributed by atoms with E-state index in [0.29, 0.717) is 6.42 Å². The van der Waals surface area contributed by atoms with Crippen LogP contribution in [-0.4, -0.2) is 52.8 Å². The van der Waals surface area contributed by atoms with Crippen molar-refractivity contribution in [3.63, 3.8) is 0 Å². The van der Waals surface area contributed by atoms with Crippen molar-refractivity contribution in [1.29, 1.82) is 0 Å². The van der Waals surface area contributed by atoms with Crippen LogP contribution >= 0.6 is 0 Å². The van der Waals surface area contributed by atoms with Crippen molar-refractivity contribution in [3.8, 4) is 0 Å². The van der Waals surface area contributed by atoms with E-state index in [1.807, 2.05) is 13.8 Å². The molecule has 2 unspecified atom stereocenters. The van der Waals surface area contributed by atoms with E-state index < -0.39 is 46.1 Å². The van der Waals surface area contributed by atoms with Crippen LogP contribution in [0.5, 0.6) is 0 Å². The number of carbonyl (C=O) groups is 2. The van der Waals surface area contributed by atoms with Gasteiger partial charge in [-0.05, 0) is 41.4 Å². The Bertz CT molecular complexity index is 926. The molecule has 3 aliphatic rings. The molecule has 9 heteroatoms. The lowest BCUT2D eigenvalue weighted by molar-refractivity contribution is -0.991. The van der Waals surface area contributed by atoms with Crippen LogP contribution in [0.2, 0.25) is 0 Å². The predicted octanol–water partition coefficient (Wildman–Crippen LogP) is 0.648. The number of aliphatic hydroxyl groups excluding tert-OH is 2. The lowest BCUT2D eigenvalue weighted by Crippen LogP contribution is -2.99. The second-order valence-electron chi connectivity index (χ2n) is 9.23. The highest BCUT2D eigenvalue weighted by atomic mass is 16.8. The van der Waals surface area contributed by atoms with Gasteiger partial charge in [-0.3, -0.25) is 0 Å². The molecule has 0 aromatic heterocycles. The fourth-order valence-electron chi connectivity index (χ4n) is 5.82. The van der Waals surface area contributed by atoms with Gasteiger partial charge in [0.2, 0.25) is 0 Å². The minimum Gasteiger partial charge on any atom is -0.595 e. The molecular formula is C22H27NO8. The van der Waals surface area contributed by atoms with E-state index in [1.54, 1.807) is 0 Å². The van der Waals surface area contributed by atoms with Gasteiger partial charge < -0.3 is 24.9 Å². The Morgan fingerprint density at radius 2 is 1.97 bits per heavy atom. The molecule has 0 saturated heterocycles. The van der Waals surface area contributed by atoms with Crippen molar-refractivity contribution in [1.82, 2.24) is 0 Å². The Hall–Kier alpha value is -2.30. The Morgan fingerprint density at radius 3 is 2.58 bits per heavy atom. The molecule has 0 spiro atoms. The van der Waals surface area contributed by atoms with Crippen molar-refractivity contribution in [2.75, 3.05) is 13.2 Å². The van der Waals surface area contributed by atoms with Gasteiger partial charge in [0.05, 0.1) is 11.1 Å². The quantitative estimate of drug-likeness (QED) is 0.401. The Balaban J connectivity index is 1.72. The molecule has 1 aliphatic heterocycles. The summed E-state index contributed by atoms with van der Waals surface area (Å²) >= 11 is 0. The van der Waals surface area contributed by atoms with Gasteiger partial charge in [0.1, 0.15) is 18.8 Å². The van der Waals surface area contributed by atoms with Gasteiger partial charge in [0.15, 0.2) is 5.69 Å². The van der Waals surface area contributed by atoms with E-state index in [2.05, 4.69) is 0 Å². The summed E-state index contributed by atoms with van der Waals surface area (Å²) in [6, 6.07) is 5.29. The number of benzene rings is 1. The monoisotopic (exact) mass is 433 g/mol. The third-order valence-corrected chi connectivity index (χ3v) is 7.37. The molecule has 168 valence electrons. The van der Waals surface area contributed by atoms with Crippen molar-refractivity contribution in [2.45, 2.75) is 45.3 Å². The lowest BCUT2D eigenvalue weighted by atomic mass is 9.48. The van der Waals surface area contributed by atoms with Gasteiger partial charge in [0, 0.05) is 24.7 Å². The zero-order valence-electron chi connectivity index (χ0n) is 17.5. The summed E-state index contributed by atoms with van der Waals surface area (Å²) in [7, 11) is 0. The molecule has 1 aromatic carbocycles. The van der Waals surface area contributed by atoms with Crippen LogP contribution in [0.25, 0.3) is 0 Å². The molecule has 4 N–H and O–H groups in total. The van der Waals surface area contributed by atoms with Gasteiger partial charge in [-0.25, -0.2) is 14.8 Å². The zero-order valence-corrected chi connectivity index (χ0v) is 17.5. The van der Waals surface area contributed by atoms with Crippen LogP contribution in [0.1, 0.15) is 43.5 Å². The number of ether oxygens (including phenoxy) is 2. The number of nitrogens with one attached hydrogen (secondary N) is 1. The second-order valence-corrected chi connectivity index (χ2v) is 9.23. The number of hydrogen-bond acceptors (Lipinski definition) is 8. The normalized spacial score (nSPS) is 35.8. The van der Waals surface area contributed by atoms with Gasteiger partial charge >= 0.3 is 11.9 Å². The van der Waals surface area contributed by atoms with Gasteiger partial charge in [-0.15, -0.1) is 0 Å². The van der Waals surface area contributed by atoms with Crippen molar-refractivity contribution < 1.29 is 39.7 Å². The van der Waals surface area contributed by atoms with Crippen molar-refractivity contribution in [2.24, 2.45) is 16.7 Å². The van der Waals surface area contributed by atoms with Gasteiger partial charge in [0.25, 0.3) is 0 Å². The van der Waals surface area contributed by atoms with E-state index in [1.165, 1.54) is 24.3 Å². The molecule has 1 fully saturated rings. The Morgan fingerprint density at radius 1 is 1.29 bits per heavy atom. The lowest BCUT2D eigenvalue weighted by Gasteiger charge is -2.57. The molecule has 2 aliphatic carbocycles. The Kier molecular flexibility index (Phi) is 5.43. The number of rotatable bonds is 4. The Labute approximate surface area is 179 Å². The average molecular weight is 433 g/mol. The summed E-state index contributed by atoms with van der Waals surface area (Å²) < 4.78 is 11.0. The van der Waals surface area contributed by atoms with E-state index in [4.69, 9.17) is 14.7 Å². The minimum absolute atomic E-state index is 0.0328. The molecule has 1 aromatic rings. The summed E-state index contributed by atoms with van der Waals surface area (Å²) in [5.41, 5.74) is -0.155. The average Bonchev–Trinajstić information content (AvgIpc) is 3.14. The first-order chi connectivity index (χ1) is 14.6. The highest BCUT2D eigenvalue weighted by molar-refractivity contribution is 5.94. The maximum atomic E-state index is 12.9. The highest BCUT2D eigenvalue weighted by Crippen LogP contribution is 2.61. The van der Waals surface area contributed by atoms with Crippen LogP contribution in [0.4, 0.5) is 5.69 Å². The number of esters is 2. The summed E-state index contributed by atoms with van der Waals surface area (Å²) in [5, 5.41) is 40.3. The number of quaternary nitrogens is 1. The first-order valence-electron chi connectivity index (χ1n) is 10.4. The van der Waals surface area contributed by atoms with Crippen LogP contribution < -0.4 is 5.23 Å². The van der Waals surface area contributed by atoms with Crippen molar-refractivity contribution in [3.05, 3.63) is 46.2 Å². The van der Waals surface area contributed by atoms with E-state index in [0.717, 1.165) is 18.4 Å². The van der Waals surface area contributed by atoms with Gasteiger partial charge in [-0.1, -0.05) is 20.3 Å². The number of cyclic esters (lactones) is 1. The largest absolute Gasteiger partial charge is 0.595 e. The van der Waals surface area contributed by atoms with Crippen molar-refractivity contribution >= 4 is 17.6 Å². The zero-order chi connectivity index (χ0) is 22.6. The SMILES string of the molecule is C[C@]1(CO)CCC[C@]2(C)C3=C(C(=O)OC3)[C@H](O)[C@@H](OC(=O)c3ccc([NH+]([O-])O)cc3)C12. The molecule has 0 radical (unpaired) electrons. The fourth-order valence-corrected chi connectivity index (χ4v) is 5.82. The number of aliphatic hydroxyl groups is 2. The second kappa shape index (κ2) is 7.68. The third kappa shape index (κ3) is 3.37. The smallest absolute Gasteiger partial charge is 0.338 e. The third-order valence-electron chi connectivity index (χ3n) is 7.37. The fraction of sp³-hybridized carbons (Fsp3) is 0.545. The predicted molar refractivity (Wildman–Crippen MR) is 106 cm³/mol. The van der Waals surface area contributed by atoms with Gasteiger partial charge in [-0.2, -0.15) is 5.23 Å².